The summed E-state index contributed by atoms with van der Waals surface area (Å²) in [6.07, 6.45) is 0.935. The number of aryl methyl sites for hydroxylation is 1. The molecule has 0 saturated carbocycles. The van der Waals surface area contributed by atoms with Crippen molar-refractivity contribution in [2.45, 2.75) is 45.8 Å². The van der Waals surface area contributed by atoms with E-state index in [1.165, 1.54) is 22.3 Å². The highest BCUT2D eigenvalue weighted by Crippen LogP contribution is 2.40. The summed E-state index contributed by atoms with van der Waals surface area (Å²) >= 11 is 0. The third kappa shape index (κ3) is 4.14. The molecule has 0 fully saturated rings. The molecule has 3 rings (SSSR count). The first-order valence-corrected chi connectivity index (χ1v) is 9.75. The van der Waals surface area contributed by atoms with Crippen molar-refractivity contribution in [1.29, 1.82) is 0 Å². The van der Waals surface area contributed by atoms with E-state index in [1.54, 1.807) is 21.1 Å². The number of benzene rings is 2. The van der Waals surface area contributed by atoms with Crippen molar-refractivity contribution < 1.29 is 14.3 Å². The molecule has 0 bridgehead atoms. The molecule has 1 heterocycles. The molecule has 0 aliphatic carbocycles. The first-order chi connectivity index (χ1) is 13.4. The number of nitrogens with zero attached hydrogens (tertiary/aromatic N) is 1. The van der Waals surface area contributed by atoms with Crippen LogP contribution in [0.1, 0.15) is 42.1 Å². The lowest BCUT2D eigenvalue weighted by atomic mass is 9.87. The summed E-state index contributed by atoms with van der Waals surface area (Å²) in [6.45, 7) is 7.55. The highest BCUT2D eigenvalue weighted by atomic mass is 16.5. The van der Waals surface area contributed by atoms with Gasteiger partial charge in [0.1, 0.15) is 0 Å². The second-order valence-electron chi connectivity index (χ2n) is 7.49. The Hall–Kier alpha value is -2.53. The van der Waals surface area contributed by atoms with Crippen LogP contribution >= 0.6 is 0 Å². The summed E-state index contributed by atoms with van der Waals surface area (Å²) in [5.41, 5.74) is 5.04. The maximum atomic E-state index is 11.8. The lowest BCUT2D eigenvalue weighted by Crippen LogP contribution is -2.46. The fourth-order valence-corrected chi connectivity index (χ4v) is 4.20. The predicted octanol–water partition coefficient (Wildman–Crippen LogP) is 3.64. The Morgan fingerprint density at radius 3 is 2.54 bits per heavy atom. The number of carbonyl (C=O) groups is 1. The van der Waals surface area contributed by atoms with Crippen LogP contribution in [-0.4, -0.2) is 37.6 Å². The molecule has 1 aliphatic rings. The van der Waals surface area contributed by atoms with E-state index in [4.69, 9.17) is 9.47 Å². The summed E-state index contributed by atoms with van der Waals surface area (Å²) < 4.78 is 11.0. The zero-order valence-electron chi connectivity index (χ0n) is 17.4. The summed E-state index contributed by atoms with van der Waals surface area (Å²) in [6, 6.07) is 12.7. The third-order valence-corrected chi connectivity index (χ3v) is 5.57. The average molecular weight is 383 g/mol. The maximum absolute atomic E-state index is 11.8. The van der Waals surface area contributed by atoms with Crippen molar-refractivity contribution in [3.63, 3.8) is 0 Å². The Morgan fingerprint density at radius 2 is 1.89 bits per heavy atom. The first kappa shape index (κ1) is 20.2. The molecule has 150 valence electrons. The van der Waals surface area contributed by atoms with Crippen LogP contribution in [0.15, 0.2) is 36.4 Å². The largest absolute Gasteiger partial charge is 0.493 e. The van der Waals surface area contributed by atoms with Crippen LogP contribution in [0.5, 0.6) is 11.5 Å². The lowest BCUT2D eigenvalue weighted by molar-refractivity contribution is -0.120. The number of rotatable bonds is 6. The van der Waals surface area contributed by atoms with Gasteiger partial charge < -0.3 is 14.8 Å². The Bertz CT molecular complexity index is 850. The van der Waals surface area contributed by atoms with Crippen molar-refractivity contribution in [3.8, 4) is 11.5 Å². The van der Waals surface area contributed by atoms with E-state index in [0.717, 1.165) is 31.0 Å². The molecule has 2 aromatic carbocycles. The van der Waals surface area contributed by atoms with E-state index >= 15 is 0 Å². The number of amides is 1. The number of nitrogens with one attached hydrogen (secondary N) is 1. The van der Waals surface area contributed by atoms with Gasteiger partial charge in [0.25, 0.3) is 0 Å². The van der Waals surface area contributed by atoms with Crippen LogP contribution < -0.4 is 14.8 Å². The number of ether oxygens (including phenoxy) is 2. The minimum absolute atomic E-state index is 0.0176. The summed E-state index contributed by atoms with van der Waals surface area (Å²) in [7, 11) is 3.32. The Kier molecular flexibility index (Phi) is 6.25. The molecule has 0 aromatic heterocycles. The third-order valence-electron chi connectivity index (χ3n) is 5.57. The van der Waals surface area contributed by atoms with Crippen molar-refractivity contribution in [2.75, 3.05) is 20.8 Å². The van der Waals surface area contributed by atoms with Crippen LogP contribution in [0, 0.1) is 6.92 Å². The Labute approximate surface area is 167 Å². The van der Waals surface area contributed by atoms with Gasteiger partial charge in [-0.3, -0.25) is 9.69 Å². The van der Waals surface area contributed by atoms with E-state index in [9.17, 15) is 4.79 Å². The maximum Gasteiger partial charge on any atom is 0.217 e. The molecule has 1 N–H and O–H groups in total. The smallest absolute Gasteiger partial charge is 0.217 e. The number of hydrogen-bond acceptors (Lipinski definition) is 4. The molecule has 2 atom stereocenters. The van der Waals surface area contributed by atoms with Crippen LogP contribution in [0.2, 0.25) is 0 Å². The van der Waals surface area contributed by atoms with Crippen LogP contribution in [0.4, 0.5) is 0 Å². The second kappa shape index (κ2) is 8.65. The minimum Gasteiger partial charge on any atom is -0.493 e. The topological polar surface area (TPSA) is 50.8 Å². The Morgan fingerprint density at radius 1 is 1.21 bits per heavy atom. The zero-order chi connectivity index (χ0) is 20.3. The molecule has 2 aromatic rings. The van der Waals surface area contributed by atoms with Crippen LogP contribution in [0.25, 0.3) is 0 Å². The standard InChI is InChI=1S/C23H30N2O3/c1-15-8-6-7-9-19(15)14-25-11-10-18-12-21(27-4)22(28-5)13-20(18)23(25)16(2)24-17(3)26/h6-9,12-13,16,23H,10-11,14H2,1-5H3,(H,24,26)/t16-,23+/m0/s1. The fourth-order valence-electron chi connectivity index (χ4n) is 4.20. The molecule has 0 spiro atoms. The van der Waals surface area contributed by atoms with Gasteiger partial charge in [0, 0.05) is 26.1 Å². The van der Waals surface area contributed by atoms with E-state index in [1.807, 2.05) is 0 Å². The van der Waals surface area contributed by atoms with Crippen molar-refractivity contribution in [3.05, 3.63) is 58.7 Å². The molecule has 0 saturated heterocycles. The lowest BCUT2D eigenvalue weighted by Gasteiger charge is -2.41. The highest BCUT2D eigenvalue weighted by Gasteiger charge is 2.33. The molecule has 1 amide bonds. The van der Waals surface area contributed by atoms with E-state index in [2.05, 4.69) is 60.5 Å². The summed E-state index contributed by atoms with van der Waals surface area (Å²) in [4.78, 5) is 14.2. The van der Waals surface area contributed by atoms with Crippen molar-refractivity contribution in [2.24, 2.45) is 0 Å². The molecular formula is C23H30N2O3. The van der Waals surface area contributed by atoms with Crippen LogP contribution in [-0.2, 0) is 17.8 Å². The van der Waals surface area contributed by atoms with Gasteiger partial charge in [-0.05, 0) is 54.7 Å². The van der Waals surface area contributed by atoms with E-state index < -0.39 is 0 Å². The van der Waals surface area contributed by atoms with E-state index in [0.29, 0.717) is 0 Å². The molecular weight excluding hydrogens is 352 g/mol. The van der Waals surface area contributed by atoms with Gasteiger partial charge in [0.15, 0.2) is 11.5 Å². The van der Waals surface area contributed by atoms with Gasteiger partial charge in [-0.15, -0.1) is 0 Å². The number of hydrogen-bond donors (Lipinski definition) is 1. The Balaban J connectivity index is 2.02. The molecule has 0 radical (unpaired) electrons. The fraction of sp³-hybridized carbons (Fsp3) is 0.435. The predicted molar refractivity (Wildman–Crippen MR) is 111 cm³/mol. The van der Waals surface area contributed by atoms with Gasteiger partial charge in [0.05, 0.1) is 20.3 Å². The van der Waals surface area contributed by atoms with Crippen LogP contribution in [0.3, 0.4) is 0 Å². The van der Waals surface area contributed by atoms with Crippen molar-refractivity contribution >= 4 is 5.91 Å². The summed E-state index contributed by atoms with van der Waals surface area (Å²) in [5.74, 6) is 1.45. The van der Waals surface area contributed by atoms with Gasteiger partial charge >= 0.3 is 0 Å². The average Bonchev–Trinajstić information content (AvgIpc) is 2.67. The highest BCUT2D eigenvalue weighted by molar-refractivity contribution is 5.73. The van der Waals surface area contributed by atoms with Gasteiger partial charge in [-0.2, -0.15) is 0 Å². The molecule has 1 aliphatic heterocycles. The van der Waals surface area contributed by atoms with Crippen molar-refractivity contribution in [1.82, 2.24) is 10.2 Å². The number of methoxy groups -OCH3 is 2. The first-order valence-electron chi connectivity index (χ1n) is 9.75. The zero-order valence-corrected chi connectivity index (χ0v) is 17.4. The molecule has 0 unspecified atom stereocenters. The molecule has 28 heavy (non-hydrogen) atoms. The molecule has 5 nitrogen and oxygen atoms in total. The molecule has 5 heteroatoms. The van der Waals surface area contributed by atoms with Gasteiger partial charge in [-0.25, -0.2) is 0 Å². The van der Waals surface area contributed by atoms with Gasteiger partial charge in [0.2, 0.25) is 5.91 Å². The normalized spacial score (nSPS) is 17.5. The monoisotopic (exact) mass is 382 g/mol. The summed E-state index contributed by atoms with van der Waals surface area (Å²) in [5, 5.41) is 3.10. The SMILES string of the molecule is COc1cc2c(cc1OC)[C@@H]([C@H](C)NC(C)=O)N(Cc1ccccc1C)CC2. The number of fused-ring (bicyclic) bond motifs is 1. The number of carbonyl (C=O) groups excluding carboxylic acids is 1. The van der Waals surface area contributed by atoms with Gasteiger partial charge in [-0.1, -0.05) is 24.3 Å². The second-order valence-corrected chi connectivity index (χ2v) is 7.49. The van der Waals surface area contributed by atoms with E-state index in [-0.39, 0.29) is 18.0 Å². The quantitative estimate of drug-likeness (QED) is 0.829. The minimum atomic E-state index is -0.0290.